The van der Waals surface area contributed by atoms with Crippen LogP contribution in [0.5, 0.6) is 11.5 Å². The van der Waals surface area contributed by atoms with Crippen molar-refractivity contribution in [3.8, 4) is 11.5 Å². The molecule has 7 nitrogen and oxygen atoms in total. The van der Waals surface area contributed by atoms with E-state index in [2.05, 4.69) is 0 Å². The maximum Gasteiger partial charge on any atom is 0.345 e. The van der Waals surface area contributed by atoms with E-state index in [1.54, 1.807) is 6.92 Å². The summed E-state index contributed by atoms with van der Waals surface area (Å²) in [7, 11) is 1.37. The number of carbonyl (C=O) groups is 1. The topological polar surface area (TPSA) is 87.9 Å². The van der Waals surface area contributed by atoms with Crippen molar-refractivity contribution < 1.29 is 23.9 Å². The summed E-state index contributed by atoms with van der Waals surface area (Å²) in [5.74, 6) is -0.360. The predicted octanol–water partition coefficient (Wildman–Crippen LogP) is 3.67. The average Bonchev–Trinajstić information content (AvgIpc) is 2.60. The molecule has 0 saturated carbocycles. The van der Waals surface area contributed by atoms with Gasteiger partial charge in [-0.2, -0.15) is 0 Å². The largest absolute Gasteiger partial charge is 0.493 e. The highest BCUT2D eigenvalue weighted by molar-refractivity contribution is 5.95. The molecule has 0 bridgehead atoms. The van der Waals surface area contributed by atoms with Crippen molar-refractivity contribution in [2.75, 3.05) is 13.7 Å². The lowest BCUT2D eigenvalue weighted by atomic mass is 10.1. The highest BCUT2D eigenvalue weighted by atomic mass is 16.6. The van der Waals surface area contributed by atoms with Crippen molar-refractivity contribution in [2.24, 2.45) is 0 Å². The Morgan fingerprint density at radius 2 is 1.92 bits per heavy atom. The van der Waals surface area contributed by atoms with Crippen LogP contribution in [0.4, 0.5) is 5.69 Å². The molecule has 2 aromatic rings. The van der Waals surface area contributed by atoms with Crippen LogP contribution in [0.15, 0.2) is 36.4 Å². The number of hydrogen-bond acceptors (Lipinski definition) is 6. The van der Waals surface area contributed by atoms with E-state index >= 15 is 0 Å². The predicted molar refractivity (Wildman–Crippen MR) is 91.1 cm³/mol. The molecule has 0 fully saturated rings. The first-order chi connectivity index (χ1) is 12.0. The van der Waals surface area contributed by atoms with Gasteiger partial charge < -0.3 is 14.2 Å². The van der Waals surface area contributed by atoms with Gasteiger partial charge in [-0.25, -0.2) is 4.79 Å². The lowest BCUT2D eigenvalue weighted by Crippen LogP contribution is -2.10. The summed E-state index contributed by atoms with van der Waals surface area (Å²) >= 11 is 0. The van der Waals surface area contributed by atoms with Gasteiger partial charge >= 0.3 is 5.97 Å². The van der Waals surface area contributed by atoms with Crippen molar-refractivity contribution >= 4 is 11.7 Å². The van der Waals surface area contributed by atoms with Gasteiger partial charge in [0.2, 0.25) is 0 Å². The van der Waals surface area contributed by atoms with Crippen LogP contribution in [0.25, 0.3) is 0 Å². The zero-order chi connectivity index (χ0) is 18.4. The summed E-state index contributed by atoms with van der Waals surface area (Å²) in [5.41, 5.74) is 1.23. The Kier molecular flexibility index (Phi) is 5.94. The molecule has 0 aromatic heterocycles. The van der Waals surface area contributed by atoms with Crippen LogP contribution in [-0.2, 0) is 11.3 Å². The van der Waals surface area contributed by atoms with Gasteiger partial charge in [0.25, 0.3) is 5.69 Å². The van der Waals surface area contributed by atoms with E-state index in [0.717, 1.165) is 17.2 Å². The summed E-state index contributed by atoms with van der Waals surface area (Å²) < 4.78 is 15.7. The number of methoxy groups -OCH3 is 1. The molecule has 132 valence electrons. The van der Waals surface area contributed by atoms with Crippen LogP contribution in [0, 0.1) is 17.0 Å². The second-order valence-corrected chi connectivity index (χ2v) is 5.21. The van der Waals surface area contributed by atoms with E-state index in [1.807, 2.05) is 31.2 Å². The van der Waals surface area contributed by atoms with E-state index < -0.39 is 16.6 Å². The highest BCUT2D eigenvalue weighted by Crippen LogP contribution is 2.35. The van der Waals surface area contributed by atoms with Gasteiger partial charge in [0, 0.05) is 6.07 Å². The molecule has 0 aliphatic heterocycles. The third kappa shape index (κ3) is 4.26. The number of nitro groups is 1. The molecule has 0 N–H and O–H groups in total. The number of carbonyl (C=O) groups excluding carboxylic acids is 1. The SMILES string of the molecule is CCOc1cc(C(=O)OCc2ccccc2C)c([N+](=O)[O-])cc1OC. The van der Waals surface area contributed by atoms with Crippen molar-refractivity contribution in [3.63, 3.8) is 0 Å². The molecule has 2 rings (SSSR count). The standard InChI is InChI=1S/C18H19NO6/c1-4-24-17-9-14(15(19(21)22)10-16(17)23-3)18(20)25-11-13-8-6-5-7-12(13)2/h5-10H,4,11H2,1-3H3. The smallest absolute Gasteiger partial charge is 0.345 e. The van der Waals surface area contributed by atoms with Crippen LogP contribution in [0.1, 0.15) is 28.4 Å². The van der Waals surface area contributed by atoms with E-state index in [0.29, 0.717) is 6.61 Å². The van der Waals surface area contributed by atoms with Crippen LogP contribution in [0.2, 0.25) is 0 Å². The fourth-order valence-corrected chi connectivity index (χ4v) is 2.28. The molecule has 0 aliphatic rings. The zero-order valence-corrected chi connectivity index (χ0v) is 14.3. The molecule has 0 unspecified atom stereocenters. The van der Waals surface area contributed by atoms with Crippen LogP contribution in [-0.4, -0.2) is 24.6 Å². The van der Waals surface area contributed by atoms with Gasteiger partial charge in [-0.05, 0) is 25.0 Å². The van der Waals surface area contributed by atoms with Gasteiger partial charge in [-0.1, -0.05) is 24.3 Å². The third-order valence-corrected chi connectivity index (χ3v) is 3.62. The second kappa shape index (κ2) is 8.14. The fourth-order valence-electron chi connectivity index (χ4n) is 2.28. The summed E-state index contributed by atoms with van der Waals surface area (Å²) in [6.45, 7) is 4.01. The summed E-state index contributed by atoms with van der Waals surface area (Å²) in [4.78, 5) is 23.0. The lowest BCUT2D eigenvalue weighted by Gasteiger charge is -2.12. The zero-order valence-electron chi connectivity index (χ0n) is 14.3. The monoisotopic (exact) mass is 345 g/mol. The van der Waals surface area contributed by atoms with E-state index in [9.17, 15) is 14.9 Å². The Balaban J connectivity index is 2.32. The van der Waals surface area contributed by atoms with Gasteiger partial charge in [0.05, 0.1) is 24.7 Å². The summed E-state index contributed by atoms with van der Waals surface area (Å²) in [5, 5.41) is 11.3. The molecule has 0 amide bonds. The number of nitro benzene ring substituents is 1. The van der Waals surface area contributed by atoms with E-state index in [-0.39, 0.29) is 23.7 Å². The van der Waals surface area contributed by atoms with Gasteiger partial charge in [-0.3, -0.25) is 10.1 Å². The number of hydrogen-bond donors (Lipinski definition) is 0. The van der Waals surface area contributed by atoms with Gasteiger partial charge in [-0.15, -0.1) is 0 Å². The Morgan fingerprint density at radius 1 is 1.20 bits per heavy atom. The van der Waals surface area contributed by atoms with Crippen molar-refractivity contribution in [1.82, 2.24) is 0 Å². The van der Waals surface area contributed by atoms with E-state index in [1.165, 1.54) is 13.2 Å². The molecular formula is C18H19NO6. The molecule has 2 aromatic carbocycles. The normalized spacial score (nSPS) is 10.2. The van der Waals surface area contributed by atoms with E-state index in [4.69, 9.17) is 14.2 Å². The van der Waals surface area contributed by atoms with Gasteiger partial charge in [0.15, 0.2) is 11.5 Å². The minimum Gasteiger partial charge on any atom is -0.493 e. The number of ether oxygens (including phenoxy) is 3. The molecule has 0 saturated heterocycles. The van der Waals surface area contributed by atoms with Gasteiger partial charge in [0.1, 0.15) is 12.2 Å². The quantitative estimate of drug-likeness (QED) is 0.432. The minimum atomic E-state index is -0.793. The Hall–Kier alpha value is -3.09. The number of benzene rings is 2. The molecule has 0 heterocycles. The molecule has 7 heteroatoms. The number of esters is 1. The summed E-state index contributed by atoms with van der Waals surface area (Å²) in [6, 6.07) is 9.88. The van der Waals surface area contributed by atoms with Crippen LogP contribution < -0.4 is 9.47 Å². The molecule has 25 heavy (non-hydrogen) atoms. The van der Waals surface area contributed by atoms with Crippen LogP contribution in [0.3, 0.4) is 0 Å². The number of aryl methyl sites for hydroxylation is 1. The second-order valence-electron chi connectivity index (χ2n) is 5.21. The number of rotatable bonds is 7. The molecular weight excluding hydrogens is 326 g/mol. The first-order valence-corrected chi connectivity index (χ1v) is 7.68. The Morgan fingerprint density at radius 3 is 2.52 bits per heavy atom. The summed E-state index contributed by atoms with van der Waals surface area (Å²) in [6.07, 6.45) is 0. The maximum atomic E-state index is 12.4. The number of nitrogens with zero attached hydrogens (tertiary/aromatic N) is 1. The van der Waals surface area contributed by atoms with Crippen LogP contribution >= 0.6 is 0 Å². The lowest BCUT2D eigenvalue weighted by molar-refractivity contribution is -0.385. The average molecular weight is 345 g/mol. The van der Waals surface area contributed by atoms with Crippen molar-refractivity contribution in [3.05, 3.63) is 63.2 Å². The first-order valence-electron chi connectivity index (χ1n) is 7.68. The Labute approximate surface area is 145 Å². The highest BCUT2D eigenvalue weighted by Gasteiger charge is 2.26. The molecule has 0 aliphatic carbocycles. The first kappa shape index (κ1) is 18.3. The Bertz CT molecular complexity index is 787. The minimum absolute atomic E-state index is 0.0264. The maximum absolute atomic E-state index is 12.4. The van der Waals surface area contributed by atoms with Crippen molar-refractivity contribution in [1.29, 1.82) is 0 Å². The van der Waals surface area contributed by atoms with Crippen molar-refractivity contribution in [2.45, 2.75) is 20.5 Å². The molecule has 0 radical (unpaired) electrons. The fraction of sp³-hybridized carbons (Fsp3) is 0.278. The third-order valence-electron chi connectivity index (χ3n) is 3.62. The molecule has 0 spiro atoms. The molecule has 0 atom stereocenters.